The smallest absolute Gasteiger partial charge is 0.245 e. The molecule has 6 heteroatoms. The molecule has 0 radical (unpaired) electrons. The quantitative estimate of drug-likeness (QED) is 0.867. The fourth-order valence-corrected chi connectivity index (χ4v) is 1.95. The van der Waals surface area contributed by atoms with Crippen molar-refractivity contribution < 1.29 is 5.11 Å². The van der Waals surface area contributed by atoms with Crippen LogP contribution in [0.15, 0.2) is 18.2 Å². The summed E-state index contributed by atoms with van der Waals surface area (Å²) < 4.78 is 0. The first-order chi connectivity index (χ1) is 9.49. The Kier molecular flexibility index (Phi) is 4.12. The second kappa shape index (κ2) is 5.81. The minimum atomic E-state index is 0.347. The summed E-state index contributed by atoms with van der Waals surface area (Å²) in [5.74, 6) is 1.76. The number of likely N-dealkylation sites (N-methyl/N-ethyl adjacent to an activating group) is 1. The second-order valence-corrected chi connectivity index (χ2v) is 5.09. The first-order valence-electron chi connectivity index (χ1n) is 6.57. The number of hydrogen-bond acceptors (Lipinski definition) is 5. The van der Waals surface area contributed by atoms with Crippen molar-refractivity contribution >= 4 is 11.9 Å². The molecule has 0 bridgehead atoms. The Hall–Kier alpha value is -2.24. The van der Waals surface area contributed by atoms with Gasteiger partial charge >= 0.3 is 0 Å². The Labute approximate surface area is 119 Å². The number of H-pyrrole nitrogens is 1. The number of anilines is 2. The van der Waals surface area contributed by atoms with E-state index in [-0.39, 0.29) is 0 Å². The maximum absolute atomic E-state index is 9.70. The Bertz CT molecular complexity index is 579. The predicted octanol–water partition coefficient (Wildman–Crippen LogP) is 1.56. The van der Waals surface area contributed by atoms with Crippen LogP contribution in [0.3, 0.4) is 0 Å². The van der Waals surface area contributed by atoms with Crippen LogP contribution in [0, 0.1) is 6.92 Å². The van der Waals surface area contributed by atoms with Crippen LogP contribution < -0.4 is 9.80 Å². The van der Waals surface area contributed by atoms with E-state index in [9.17, 15) is 5.11 Å². The van der Waals surface area contributed by atoms with E-state index < -0.39 is 0 Å². The Morgan fingerprint density at radius 2 is 2.00 bits per heavy atom. The molecule has 0 aliphatic carbocycles. The Morgan fingerprint density at radius 3 is 2.65 bits per heavy atom. The van der Waals surface area contributed by atoms with Crippen LogP contribution in [-0.2, 0) is 6.42 Å². The van der Waals surface area contributed by atoms with Gasteiger partial charge in [-0.3, -0.25) is 0 Å². The van der Waals surface area contributed by atoms with Gasteiger partial charge in [-0.15, -0.1) is 5.10 Å². The van der Waals surface area contributed by atoms with E-state index in [1.165, 1.54) is 0 Å². The zero-order valence-electron chi connectivity index (χ0n) is 12.4. The van der Waals surface area contributed by atoms with Crippen molar-refractivity contribution in [1.29, 1.82) is 0 Å². The first kappa shape index (κ1) is 14.2. The molecule has 0 atom stereocenters. The van der Waals surface area contributed by atoms with Crippen molar-refractivity contribution in [2.45, 2.75) is 13.3 Å². The maximum atomic E-state index is 9.70. The van der Waals surface area contributed by atoms with Gasteiger partial charge in [-0.05, 0) is 30.5 Å². The predicted molar refractivity (Wildman–Crippen MR) is 80.5 cm³/mol. The lowest BCUT2D eigenvalue weighted by atomic mass is 10.0. The minimum absolute atomic E-state index is 0.347. The molecule has 0 spiro atoms. The van der Waals surface area contributed by atoms with Crippen LogP contribution >= 0.6 is 0 Å². The largest absolute Gasteiger partial charge is 0.508 e. The van der Waals surface area contributed by atoms with Gasteiger partial charge in [0.1, 0.15) is 5.75 Å². The third-order valence-electron chi connectivity index (χ3n) is 3.36. The van der Waals surface area contributed by atoms with Crippen molar-refractivity contribution in [1.82, 2.24) is 15.2 Å². The molecule has 6 nitrogen and oxygen atoms in total. The second-order valence-electron chi connectivity index (χ2n) is 5.09. The summed E-state index contributed by atoms with van der Waals surface area (Å²) in [5.41, 5.74) is 2.08. The number of aromatic hydroxyl groups is 1. The zero-order chi connectivity index (χ0) is 14.7. The number of phenols is 1. The number of nitrogens with zero attached hydrogens (tertiary/aromatic N) is 4. The van der Waals surface area contributed by atoms with Gasteiger partial charge in [0.2, 0.25) is 11.9 Å². The summed E-state index contributed by atoms with van der Waals surface area (Å²) in [6.45, 7) is 2.73. The highest BCUT2D eigenvalue weighted by Crippen LogP contribution is 2.20. The first-order valence-corrected chi connectivity index (χ1v) is 6.57. The molecule has 108 valence electrons. The van der Waals surface area contributed by atoms with E-state index in [4.69, 9.17) is 0 Å². The molecule has 0 aliphatic rings. The van der Waals surface area contributed by atoms with Gasteiger partial charge in [0.15, 0.2) is 0 Å². The number of hydrogen-bond donors (Lipinski definition) is 2. The van der Waals surface area contributed by atoms with Crippen molar-refractivity contribution in [2.24, 2.45) is 0 Å². The van der Waals surface area contributed by atoms with Gasteiger partial charge in [-0.25, -0.2) is 5.10 Å². The molecule has 2 aromatic rings. The molecule has 0 unspecified atom stereocenters. The topological polar surface area (TPSA) is 68.3 Å². The van der Waals surface area contributed by atoms with E-state index >= 15 is 0 Å². The molecule has 0 fully saturated rings. The highest BCUT2D eigenvalue weighted by Gasteiger charge is 2.10. The summed E-state index contributed by atoms with van der Waals surface area (Å²) >= 11 is 0. The van der Waals surface area contributed by atoms with Crippen LogP contribution in [-0.4, -0.2) is 48.0 Å². The van der Waals surface area contributed by atoms with Gasteiger partial charge in [-0.1, -0.05) is 12.1 Å². The summed E-state index contributed by atoms with van der Waals surface area (Å²) in [7, 11) is 5.78. The fourth-order valence-electron chi connectivity index (χ4n) is 1.95. The lowest BCUT2D eigenvalue weighted by Gasteiger charge is -2.16. The van der Waals surface area contributed by atoms with E-state index in [0.717, 1.165) is 30.0 Å². The number of nitrogens with one attached hydrogen (secondary N) is 1. The average molecular weight is 275 g/mol. The summed E-state index contributed by atoms with van der Waals surface area (Å²) in [4.78, 5) is 8.27. The van der Waals surface area contributed by atoms with Gasteiger partial charge in [0, 0.05) is 27.7 Å². The maximum Gasteiger partial charge on any atom is 0.245 e. The number of benzene rings is 1. The minimum Gasteiger partial charge on any atom is -0.508 e. The molecule has 20 heavy (non-hydrogen) atoms. The third kappa shape index (κ3) is 3.01. The molecule has 2 N–H and O–H groups in total. The Balaban J connectivity index is 2.01. The molecule has 0 saturated heterocycles. The summed E-state index contributed by atoms with van der Waals surface area (Å²) in [5, 5.41) is 16.8. The fraction of sp³-hybridized carbons (Fsp3) is 0.429. The highest BCUT2D eigenvalue weighted by atomic mass is 16.3. The molecular weight excluding hydrogens is 254 g/mol. The number of rotatable bonds is 5. The van der Waals surface area contributed by atoms with E-state index in [1.54, 1.807) is 6.07 Å². The molecule has 0 aliphatic heterocycles. The Morgan fingerprint density at radius 1 is 1.25 bits per heavy atom. The van der Waals surface area contributed by atoms with Crippen molar-refractivity contribution in [3.8, 4) is 5.75 Å². The molecule has 1 aromatic carbocycles. The normalized spacial score (nSPS) is 10.6. The van der Waals surface area contributed by atoms with Crippen LogP contribution in [0.5, 0.6) is 5.75 Å². The molecule has 1 heterocycles. The molecule has 0 saturated carbocycles. The lowest BCUT2D eigenvalue weighted by Crippen LogP contribution is -2.22. The van der Waals surface area contributed by atoms with Gasteiger partial charge < -0.3 is 14.9 Å². The van der Waals surface area contributed by atoms with Crippen molar-refractivity contribution in [2.75, 3.05) is 37.5 Å². The molecular formula is C14H21N5O. The molecule has 0 amide bonds. The van der Waals surface area contributed by atoms with E-state index in [1.807, 2.05) is 50.0 Å². The summed E-state index contributed by atoms with van der Waals surface area (Å²) in [6, 6.07) is 5.62. The van der Waals surface area contributed by atoms with E-state index in [0.29, 0.717) is 11.7 Å². The van der Waals surface area contributed by atoms with Crippen LogP contribution in [0.1, 0.15) is 11.1 Å². The number of aromatic amines is 1. The van der Waals surface area contributed by atoms with Crippen LogP contribution in [0.4, 0.5) is 11.9 Å². The van der Waals surface area contributed by atoms with Crippen molar-refractivity contribution in [3.05, 3.63) is 29.3 Å². The lowest BCUT2D eigenvalue weighted by molar-refractivity contribution is 0.470. The van der Waals surface area contributed by atoms with Gasteiger partial charge in [0.05, 0.1) is 0 Å². The highest BCUT2D eigenvalue weighted by molar-refractivity contribution is 5.40. The van der Waals surface area contributed by atoms with Gasteiger partial charge in [-0.2, -0.15) is 4.98 Å². The SMILES string of the molecule is Cc1c(O)cccc1CCN(C)c1nc(N(C)C)n[nH]1. The molecule has 2 rings (SSSR count). The van der Waals surface area contributed by atoms with Gasteiger partial charge in [0.25, 0.3) is 0 Å². The number of phenolic OH excluding ortho intramolecular Hbond substituents is 1. The van der Waals surface area contributed by atoms with Crippen LogP contribution in [0.25, 0.3) is 0 Å². The van der Waals surface area contributed by atoms with Crippen molar-refractivity contribution in [3.63, 3.8) is 0 Å². The number of aromatic nitrogens is 3. The zero-order valence-corrected chi connectivity index (χ0v) is 12.4. The summed E-state index contributed by atoms with van der Waals surface area (Å²) in [6.07, 6.45) is 0.842. The third-order valence-corrected chi connectivity index (χ3v) is 3.36. The standard InChI is InChI=1S/C14H21N5O/c1-10-11(6-5-7-12(10)20)8-9-19(4)14-15-13(16-17-14)18(2)3/h5-7,20H,8-9H2,1-4H3,(H,15,16,17). The van der Waals surface area contributed by atoms with E-state index in [2.05, 4.69) is 15.2 Å². The van der Waals surface area contributed by atoms with Crippen LogP contribution in [0.2, 0.25) is 0 Å². The monoisotopic (exact) mass is 275 g/mol. The molecule has 1 aromatic heterocycles. The average Bonchev–Trinajstić information content (AvgIpc) is 2.90.